The minimum atomic E-state index is -0.276. The van der Waals surface area contributed by atoms with Gasteiger partial charge >= 0.3 is 0 Å². The van der Waals surface area contributed by atoms with Gasteiger partial charge in [0, 0.05) is 30.7 Å². The molecule has 2 heterocycles. The number of ether oxygens (including phenoxy) is 2. The highest BCUT2D eigenvalue weighted by molar-refractivity contribution is 5.42. The third-order valence-electron chi connectivity index (χ3n) is 5.05. The molecular weight excluding hydrogens is 292 g/mol. The number of nitrogens with zero attached hydrogens (tertiary/aromatic N) is 2. The van der Waals surface area contributed by atoms with Crippen LogP contribution in [0.25, 0.3) is 0 Å². The van der Waals surface area contributed by atoms with Crippen molar-refractivity contribution in [2.75, 3.05) is 26.9 Å². The summed E-state index contributed by atoms with van der Waals surface area (Å²) < 4.78 is 11.0. The second-order valence-electron chi connectivity index (χ2n) is 6.41. The summed E-state index contributed by atoms with van der Waals surface area (Å²) in [5, 5.41) is 19.4. The van der Waals surface area contributed by atoms with Crippen molar-refractivity contribution in [1.82, 2.24) is 4.90 Å². The van der Waals surface area contributed by atoms with Gasteiger partial charge in [0.2, 0.25) is 0 Å². The molecule has 2 fully saturated rings. The summed E-state index contributed by atoms with van der Waals surface area (Å²) in [7, 11) is 1.66. The summed E-state index contributed by atoms with van der Waals surface area (Å²) in [6.45, 7) is 3.04. The van der Waals surface area contributed by atoms with Crippen molar-refractivity contribution in [2.24, 2.45) is 5.92 Å². The maximum Gasteiger partial charge on any atom is 0.123 e. The van der Waals surface area contributed by atoms with E-state index >= 15 is 0 Å². The fourth-order valence-corrected chi connectivity index (χ4v) is 3.84. The molecule has 1 aromatic carbocycles. The van der Waals surface area contributed by atoms with E-state index in [1.807, 2.05) is 12.1 Å². The van der Waals surface area contributed by atoms with E-state index in [4.69, 9.17) is 14.7 Å². The van der Waals surface area contributed by atoms with E-state index < -0.39 is 0 Å². The maximum absolute atomic E-state index is 10.3. The van der Waals surface area contributed by atoms with Crippen LogP contribution in [0.1, 0.15) is 30.4 Å². The van der Waals surface area contributed by atoms with Gasteiger partial charge < -0.3 is 14.6 Å². The van der Waals surface area contributed by atoms with Crippen molar-refractivity contribution < 1.29 is 14.6 Å². The Morgan fingerprint density at radius 1 is 1.43 bits per heavy atom. The smallest absolute Gasteiger partial charge is 0.123 e. The summed E-state index contributed by atoms with van der Waals surface area (Å²) in [6.07, 6.45) is 2.67. The number of hydrogen-bond acceptors (Lipinski definition) is 5. The Kier molecular flexibility index (Phi) is 5.16. The zero-order valence-corrected chi connectivity index (χ0v) is 13.6. The molecule has 1 aromatic rings. The Balaban J connectivity index is 1.77. The largest absolute Gasteiger partial charge is 0.496 e. The molecule has 0 saturated carbocycles. The molecule has 124 valence electrons. The van der Waals surface area contributed by atoms with Gasteiger partial charge in [-0.2, -0.15) is 5.26 Å². The van der Waals surface area contributed by atoms with Crippen molar-refractivity contribution in [3.8, 4) is 11.8 Å². The van der Waals surface area contributed by atoms with Crippen molar-refractivity contribution in [2.45, 2.75) is 38.0 Å². The Labute approximate surface area is 137 Å². The van der Waals surface area contributed by atoms with Gasteiger partial charge in [0.05, 0.1) is 31.5 Å². The first-order valence-corrected chi connectivity index (χ1v) is 8.30. The summed E-state index contributed by atoms with van der Waals surface area (Å²) >= 11 is 0. The van der Waals surface area contributed by atoms with Crippen LogP contribution in [-0.2, 0) is 11.3 Å². The van der Waals surface area contributed by atoms with Crippen molar-refractivity contribution >= 4 is 0 Å². The Bertz CT molecular complexity index is 584. The molecule has 2 saturated heterocycles. The maximum atomic E-state index is 10.3. The van der Waals surface area contributed by atoms with E-state index in [2.05, 4.69) is 11.0 Å². The molecule has 0 radical (unpaired) electrons. The first-order chi connectivity index (χ1) is 11.2. The van der Waals surface area contributed by atoms with Gasteiger partial charge in [0.15, 0.2) is 0 Å². The quantitative estimate of drug-likeness (QED) is 0.919. The molecule has 0 aromatic heterocycles. The van der Waals surface area contributed by atoms with Crippen molar-refractivity contribution in [3.05, 3.63) is 29.3 Å². The molecule has 0 spiro atoms. The van der Waals surface area contributed by atoms with E-state index in [1.54, 1.807) is 13.2 Å². The van der Waals surface area contributed by atoms with Gasteiger partial charge in [-0.1, -0.05) is 0 Å². The topological polar surface area (TPSA) is 65.7 Å². The number of aliphatic hydroxyl groups excluding tert-OH is 1. The molecular formula is C18H24N2O3. The fourth-order valence-electron chi connectivity index (χ4n) is 3.84. The lowest BCUT2D eigenvalue weighted by Crippen LogP contribution is -2.45. The monoisotopic (exact) mass is 316 g/mol. The molecule has 0 unspecified atom stereocenters. The van der Waals surface area contributed by atoms with E-state index in [-0.39, 0.29) is 12.0 Å². The number of rotatable bonds is 4. The molecule has 23 heavy (non-hydrogen) atoms. The average molecular weight is 316 g/mol. The summed E-state index contributed by atoms with van der Waals surface area (Å²) in [5.41, 5.74) is 1.68. The molecule has 3 atom stereocenters. The third-order valence-corrected chi connectivity index (χ3v) is 5.05. The van der Waals surface area contributed by atoms with Gasteiger partial charge in [0.25, 0.3) is 0 Å². The van der Waals surface area contributed by atoms with Crippen LogP contribution in [0.4, 0.5) is 0 Å². The van der Waals surface area contributed by atoms with Crippen LogP contribution in [0.2, 0.25) is 0 Å². The molecule has 0 bridgehead atoms. The molecule has 3 rings (SSSR count). The number of nitriles is 1. The minimum absolute atomic E-state index is 0.177. The summed E-state index contributed by atoms with van der Waals surface area (Å²) in [5.74, 6) is 0.992. The van der Waals surface area contributed by atoms with Crippen LogP contribution >= 0.6 is 0 Å². The highest BCUT2D eigenvalue weighted by Gasteiger charge is 2.37. The molecule has 2 aliphatic rings. The first kappa shape index (κ1) is 16.3. The SMILES string of the molecule is COc1ccc(C#N)cc1CN1CCC[C@@H]1[C@H]1COCC[C@@H]1O. The van der Waals surface area contributed by atoms with Gasteiger partial charge in [-0.3, -0.25) is 4.90 Å². The minimum Gasteiger partial charge on any atom is -0.496 e. The van der Waals surface area contributed by atoms with E-state index in [1.165, 1.54) is 0 Å². The lowest BCUT2D eigenvalue weighted by molar-refractivity contribution is -0.0636. The third kappa shape index (κ3) is 3.50. The summed E-state index contributed by atoms with van der Waals surface area (Å²) in [6, 6.07) is 8.07. The summed E-state index contributed by atoms with van der Waals surface area (Å²) in [4.78, 5) is 2.40. The number of benzene rings is 1. The second-order valence-corrected chi connectivity index (χ2v) is 6.41. The molecule has 1 N–H and O–H groups in total. The van der Waals surface area contributed by atoms with E-state index in [9.17, 15) is 5.11 Å². The lowest BCUT2D eigenvalue weighted by Gasteiger charge is -2.37. The Morgan fingerprint density at radius 2 is 2.30 bits per heavy atom. The van der Waals surface area contributed by atoms with Crippen LogP contribution in [0.5, 0.6) is 5.75 Å². The highest BCUT2D eigenvalue weighted by Crippen LogP contribution is 2.32. The van der Waals surface area contributed by atoms with Gasteiger partial charge in [-0.25, -0.2) is 0 Å². The predicted octanol–water partition coefficient (Wildman–Crippen LogP) is 1.93. The zero-order chi connectivity index (χ0) is 16.2. The number of methoxy groups -OCH3 is 1. The first-order valence-electron chi connectivity index (χ1n) is 8.30. The number of hydrogen-bond donors (Lipinski definition) is 1. The van der Waals surface area contributed by atoms with Gasteiger partial charge in [-0.15, -0.1) is 0 Å². The molecule has 0 amide bonds. The number of aliphatic hydroxyl groups is 1. The van der Waals surface area contributed by atoms with Crippen LogP contribution in [-0.4, -0.2) is 49.0 Å². The molecule has 2 aliphatic heterocycles. The average Bonchev–Trinajstić information content (AvgIpc) is 3.03. The van der Waals surface area contributed by atoms with Crippen LogP contribution in [0, 0.1) is 17.2 Å². The van der Waals surface area contributed by atoms with E-state index in [0.29, 0.717) is 24.8 Å². The molecule has 5 heteroatoms. The highest BCUT2D eigenvalue weighted by atomic mass is 16.5. The van der Waals surface area contributed by atoms with Gasteiger partial charge in [0.1, 0.15) is 5.75 Å². The van der Waals surface area contributed by atoms with Crippen LogP contribution < -0.4 is 4.74 Å². The normalized spacial score (nSPS) is 28.5. The molecule has 0 aliphatic carbocycles. The Morgan fingerprint density at radius 3 is 3.04 bits per heavy atom. The number of likely N-dealkylation sites (tertiary alicyclic amines) is 1. The lowest BCUT2D eigenvalue weighted by atomic mass is 9.89. The second kappa shape index (κ2) is 7.31. The molecule has 5 nitrogen and oxygen atoms in total. The van der Waals surface area contributed by atoms with E-state index in [0.717, 1.165) is 43.7 Å². The fraction of sp³-hybridized carbons (Fsp3) is 0.611. The van der Waals surface area contributed by atoms with Gasteiger partial charge in [-0.05, 0) is 44.0 Å². The standard InChI is InChI=1S/C18H24N2O3/c1-22-18-5-4-13(10-19)9-14(18)11-20-7-2-3-16(20)15-12-23-8-6-17(15)21/h4-5,9,15-17,21H,2-3,6-8,11-12H2,1H3/t15-,16-,17+/m1/s1. The predicted molar refractivity (Wildman–Crippen MR) is 86.1 cm³/mol. The van der Waals surface area contributed by atoms with Crippen molar-refractivity contribution in [3.63, 3.8) is 0 Å². The zero-order valence-electron chi connectivity index (χ0n) is 13.6. The van der Waals surface area contributed by atoms with Crippen molar-refractivity contribution in [1.29, 1.82) is 5.26 Å². The van der Waals surface area contributed by atoms with Crippen LogP contribution in [0.15, 0.2) is 18.2 Å². The van der Waals surface area contributed by atoms with Crippen LogP contribution in [0.3, 0.4) is 0 Å². The Hall–Kier alpha value is -1.61.